The third-order valence-corrected chi connectivity index (χ3v) is 1.64. The van der Waals surface area contributed by atoms with Crippen LogP contribution in [-0.2, 0) is 14.4 Å². The van der Waals surface area contributed by atoms with Crippen LogP contribution in [0.3, 0.4) is 0 Å². The van der Waals surface area contributed by atoms with E-state index in [1.165, 1.54) is 6.92 Å². The van der Waals surface area contributed by atoms with Crippen LogP contribution in [0.15, 0.2) is 12.2 Å². The second-order valence-corrected chi connectivity index (χ2v) is 3.08. The quantitative estimate of drug-likeness (QED) is 0.481. The number of aliphatic carboxylic acids is 2. The predicted molar refractivity (Wildman–Crippen MR) is 56.3 cm³/mol. The molecular weight excluding hydrogens is 216 g/mol. The first-order valence-corrected chi connectivity index (χ1v) is 4.25. The van der Waals surface area contributed by atoms with Crippen LogP contribution in [0.25, 0.3) is 0 Å². The van der Waals surface area contributed by atoms with E-state index >= 15 is 0 Å². The molecule has 92 valence electrons. The highest BCUT2D eigenvalue weighted by atomic mass is 16.4. The van der Waals surface area contributed by atoms with Crippen LogP contribution in [0, 0.1) is 0 Å². The van der Waals surface area contributed by atoms with Gasteiger partial charge in [0.25, 0.3) is 0 Å². The van der Waals surface area contributed by atoms with Gasteiger partial charge in [0.05, 0.1) is 0 Å². The smallest absolute Gasteiger partial charge is 0.326 e. The van der Waals surface area contributed by atoms with Crippen LogP contribution in [0.4, 0.5) is 0 Å². The molecular formula is C9H16N2O5. The van der Waals surface area contributed by atoms with Crippen LogP contribution in [0.5, 0.6) is 0 Å². The third-order valence-electron chi connectivity index (χ3n) is 1.64. The molecule has 0 spiro atoms. The lowest BCUT2D eigenvalue weighted by Crippen LogP contribution is -2.41. The van der Waals surface area contributed by atoms with Crippen molar-refractivity contribution in [3.63, 3.8) is 0 Å². The van der Waals surface area contributed by atoms with Crippen LogP contribution < -0.4 is 11.5 Å². The highest BCUT2D eigenvalue weighted by Crippen LogP contribution is 1.99. The summed E-state index contributed by atoms with van der Waals surface area (Å²) in [6.07, 6.45) is -0.461. The number of rotatable bonds is 6. The van der Waals surface area contributed by atoms with E-state index in [1.54, 1.807) is 0 Å². The van der Waals surface area contributed by atoms with Gasteiger partial charge in [-0.1, -0.05) is 6.58 Å². The van der Waals surface area contributed by atoms with Crippen molar-refractivity contribution in [2.24, 2.45) is 0 Å². The fourth-order valence-electron chi connectivity index (χ4n) is 0.807. The van der Waals surface area contributed by atoms with Crippen molar-refractivity contribution in [2.45, 2.75) is 25.8 Å². The summed E-state index contributed by atoms with van der Waals surface area (Å²) < 4.78 is 0. The van der Waals surface area contributed by atoms with Gasteiger partial charge in [-0.25, -0.2) is 4.79 Å². The lowest BCUT2D eigenvalue weighted by Gasteiger charge is -2.12. The number of hydrogen-bond donors (Lipinski definition) is 4. The van der Waals surface area contributed by atoms with Crippen molar-refractivity contribution in [1.82, 2.24) is 11.5 Å². The summed E-state index contributed by atoms with van der Waals surface area (Å²) in [7, 11) is 0. The molecule has 0 aliphatic carbocycles. The molecule has 0 heterocycles. The summed E-state index contributed by atoms with van der Waals surface area (Å²) in [4.78, 5) is 31.9. The minimum absolute atomic E-state index is 0. The van der Waals surface area contributed by atoms with Crippen LogP contribution in [0.2, 0.25) is 0 Å². The van der Waals surface area contributed by atoms with Gasteiger partial charge in [-0.2, -0.15) is 0 Å². The number of carbonyl (C=O) groups is 3. The Hall–Kier alpha value is -1.89. The van der Waals surface area contributed by atoms with Crippen molar-refractivity contribution in [2.75, 3.05) is 0 Å². The summed E-state index contributed by atoms with van der Waals surface area (Å²) in [5, 5.41) is 19.2. The van der Waals surface area contributed by atoms with E-state index in [0.717, 1.165) is 0 Å². The van der Waals surface area contributed by atoms with E-state index in [9.17, 15) is 14.4 Å². The zero-order valence-corrected chi connectivity index (χ0v) is 9.02. The Kier molecular flexibility index (Phi) is 7.66. The van der Waals surface area contributed by atoms with Gasteiger partial charge < -0.3 is 21.7 Å². The molecule has 0 saturated heterocycles. The second-order valence-electron chi connectivity index (χ2n) is 3.08. The predicted octanol–water partition coefficient (Wildman–Crippen LogP) is 0.159. The Morgan fingerprint density at radius 3 is 2.12 bits per heavy atom. The first-order chi connectivity index (χ1) is 6.84. The summed E-state index contributed by atoms with van der Waals surface area (Å²) in [5.74, 6) is -2.95. The topological polar surface area (TPSA) is 139 Å². The molecule has 0 aliphatic rings. The molecule has 6 N–H and O–H groups in total. The van der Waals surface area contributed by atoms with Gasteiger partial charge in [-0.05, 0) is 13.3 Å². The van der Waals surface area contributed by atoms with Gasteiger partial charge in [0.15, 0.2) is 0 Å². The Labute approximate surface area is 92.7 Å². The van der Waals surface area contributed by atoms with E-state index in [0.29, 0.717) is 0 Å². The number of hydrogen-bond acceptors (Lipinski definition) is 4. The molecule has 16 heavy (non-hydrogen) atoms. The molecule has 0 rings (SSSR count). The lowest BCUT2D eigenvalue weighted by atomic mass is 10.1. The molecule has 7 heteroatoms. The summed E-state index contributed by atoms with van der Waals surface area (Å²) in [6.45, 7) is 4.78. The second kappa shape index (κ2) is 7.41. The lowest BCUT2D eigenvalue weighted by molar-refractivity contribution is -0.142. The van der Waals surface area contributed by atoms with Gasteiger partial charge in [0.1, 0.15) is 6.04 Å². The maximum Gasteiger partial charge on any atom is 0.326 e. The van der Waals surface area contributed by atoms with E-state index in [-0.39, 0.29) is 24.6 Å². The van der Waals surface area contributed by atoms with Crippen LogP contribution in [0.1, 0.15) is 19.8 Å². The van der Waals surface area contributed by atoms with E-state index < -0.39 is 23.9 Å². The standard InChI is InChI=1S/C9H13NO5.H3N/c1-5(2)8(13)10-6(9(14)15)3-4-7(11)12;/h6H,1,3-4H2,2H3,(H,10,13)(H,11,12)(H,14,15);1H3/t6-;/m0./s1. The molecule has 0 fully saturated rings. The Morgan fingerprint density at radius 2 is 1.81 bits per heavy atom. The van der Waals surface area contributed by atoms with Gasteiger partial charge in [0.2, 0.25) is 5.91 Å². The zero-order valence-electron chi connectivity index (χ0n) is 9.02. The van der Waals surface area contributed by atoms with Crippen molar-refractivity contribution < 1.29 is 24.6 Å². The Balaban J connectivity index is 0. The highest BCUT2D eigenvalue weighted by Gasteiger charge is 2.20. The molecule has 0 unspecified atom stereocenters. The molecule has 0 radical (unpaired) electrons. The van der Waals surface area contributed by atoms with Gasteiger partial charge in [0, 0.05) is 12.0 Å². The molecule has 0 saturated carbocycles. The zero-order chi connectivity index (χ0) is 12.0. The Bertz CT molecular complexity index is 300. The number of amides is 1. The van der Waals surface area contributed by atoms with E-state index in [2.05, 4.69) is 11.9 Å². The minimum Gasteiger partial charge on any atom is -0.481 e. The summed E-state index contributed by atoms with van der Waals surface area (Å²) in [5.41, 5.74) is 0.177. The molecule has 0 aliphatic heterocycles. The Morgan fingerprint density at radius 1 is 1.31 bits per heavy atom. The maximum absolute atomic E-state index is 11.1. The molecule has 0 aromatic carbocycles. The minimum atomic E-state index is -1.26. The molecule has 0 bridgehead atoms. The molecule has 0 aromatic heterocycles. The average molecular weight is 232 g/mol. The number of carbonyl (C=O) groups excluding carboxylic acids is 1. The van der Waals surface area contributed by atoms with Gasteiger partial charge in [-0.3, -0.25) is 9.59 Å². The van der Waals surface area contributed by atoms with Gasteiger partial charge >= 0.3 is 11.9 Å². The van der Waals surface area contributed by atoms with Crippen molar-refractivity contribution in [1.29, 1.82) is 0 Å². The maximum atomic E-state index is 11.1. The summed E-state index contributed by atoms with van der Waals surface area (Å²) in [6, 6.07) is -1.19. The normalized spacial score (nSPS) is 10.8. The third kappa shape index (κ3) is 6.55. The first-order valence-electron chi connectivity index (χ1n) is 4.25. The number of nitrogens with one attached hydrogen (secondary N) is 1. The molecule has 7 nitrogen and oxygen atoms in total. The summed E-state index contributed by atoms with van der Waals surface area (Å²) >= 11 is 0. The SMILES string of the molecule is C=C(C)C(=O)N[C@@H](CCC(=O)O)C(=O)O.N. The molecule has 1 amide bonds. The van der Waals surface area contributed by atoms with Crippen molar-refractivity contribution >= 4 is 17.8 Å². The highest BCUT2D eigenvalue weighted by molar-refractivity contribution is 5.94. The largest absolute Gasteiger partial charge is 0.481 e. The van der Waals surface area contributed by atoms with Crippen molar-refractivity contribution in [3.8, 4) is 0 Å². The molecule has 1 atom stereocenters. The fraction of sp³-hybridized carbons (Fsp3) is 0.444. The van der Waals surface area contributed by atoms with E-state index in [4.69, 9.17) is 10.2 Å². The van der Waals surface area contributed by atoms with Crippen LogP contribution in [-0.4, -0.2) is 34.1 Å². The number of carboxylic acids is 2. The average Bonchev–Trinajstić information content (AvgIpc) is 2.10. The first kappa shape index (κ1) is 16.5. The van der Waals surface area contributed by atoms with Crippen LogP contribution >= 0.6 is 0 Å². The number of carboxylic acid groups (broad SMARTS) is 2. The molecule has 0 aromatic rings. The van der Waals surface area contributed by atoms with Crippen molar-refractivity contribution in [3.05, 3.63) is 12.2 Å². The van der Waals surface area contributed by atoms with E-state index in [1.807, 2.05) is 0 Å². The fourth-order valence-corrected chi connectivity index (χ4v) is 0.807. The van der Waals surface area contributed by atoms with Gasteiger partial charge in [-0.15, -0.1) is 0 Å². The monoisotopic (exact) mass is 232 g/mol.